The monoisotopic (exact) mass is 689 g/mol. The molecule has 0 aromatic heterocycles. The second-order valence-electron chi connectivity index (χ2n) is 11.3. The van der Waals surface area contributed by atoms with Gasteiger partial charge in [0.2, 0.25) is 0 Å². The number of Topliss-reactive ketones (excluding diaryl/α,β-unsaturated/α-hetero) is 1. The molecule has 1 amide bonds. The van der Waals surface area contributed by atoms with Crippen molar-refractivity contribution in [2.75, 3.05) is 26.4 Å². The Morgan fingerprint density at radius 3 is 2.02 bits per heavy atom. The molecule has 0 aromatic carbocycles. The molecule has 0 bridgehead atoms. The highest BCUT2D eigenvalue weighted by atomic mass is 16.7. The predicted octanol–water partition coefficient (Wildman–Crippen LogP) is -8.58. The van der Waals surface area contributed by atoms with Gasteiger partial charge in [-0.2, -0.15) is 0 Å². The number of ketones is 1. The summed E-state index contributed by atoms with van der Waals surface area (Å²) in [6.45, 7) is -2.47. The SMILES string of the molecule is C[C@H]1O[C@@H](OC2C(CO)OC(OC(C(=O)C(O)CO)[C@H](O)CO)[C@H](O)C2O)C(O)[C@@H](O)C1OC(=O)NC1C=C(CO)[C@@H](O)C(O)[C@H]1O. The number of aliphatic hydroxyl groups is 13. The zero-order chi connectivity index (χ0) is 35.3. The summed E-state index contributed by atoms with van der Waals surface area (Å²) in [5, 5.41) is 132. The van der Waals surface area contributed by atoms with Gasteiger partial charge in [-0.05, 0) is 12.5 Å². The lowest BCUT2D eigenvalue weighted by Crippen LogP contribution is -2.65. The van der Waals surface area contributed by atoms with Crippen molar-refractivity contribution < 1.29 is 99.7 Å². The van der Waals surface area contributed by atoms with Crippen LogP contribution in [-0.4, -0.2) is 209 Å². The van der Waals surface area contributed by atoms with Gasteiger partial charge in [0, 0.05) is 0 Å². The molecule has 0 aromatic rings. The van der Waals surface area contributed by atoms with Gasteiger partial charge in [-0.25, -0.2) is 4.79 Å². The highest BCUT2D eigenvalue weighted by Crippen LogP contribution is 2.31. The van der Waals surface area contributed by atoms with E-state index in [1.807, 2.05) is 0 Å². The molecule has 3 aliphatic rings. The Morgan fingerprint density at radius 1 is 0.830 bits per heavy atom. The molecule has 0 radical (unpaired) electrons. The molecular formula is C26H43NO20. The number of aliphatic hydroxyl groups excluding tert-OH is 13. The summed E-state index contributed by atoms with van der Waals surface area (Å²) >= 11 is 0. The summed E-state index contributed by atoms with van der Waals surface area (Å²) in [5.74, 6) is -1.30. The Hall–Kier alpha value is -2.00. The van der Waals surface area contributed by atoms with E-state index in [4.69, 9.17) is 28.8 Å². The van der Waals surface area contributed by atoms with Crippen molar-refractivity contribution in [3.63, 3.8) is 0 Å². The minimum absolute atomic E-state index is 0.0902. The molecule has 10 unspecified atom stereocenters. The molecule has 21 heteroatoms. The Kier molecular flexibility index (Phi) is 14.3. The van der Waals surface area contributed by atoms with Crippen LogP contribution < -0.4 is 5.32 Å². The first-order valence-corrected chi connectivity index (χ1v) is 14.5. The molecule has 47 heavy (non-hydrogen) atoms. The summed E-state index contributed by atoms with van der Waals surface area (Å²) in [7, 11) is 0. The third kappa shape index (κ3) is 8.78. The first-order valence-electron chi connectivity index (χ1n) is 14.5. The maximum absolute atomic E-state index is 12.6. The van der Waals surface area contributed by atoms with Crippen molar-refractivity contribution in [1.82, 2.24) is 5.32 Å². The number of alkyl carbamates (subject to hydrolysis) is 1. The van der Waals surface area contributed by atoms with Crippen LogP contribution in [0.25, 0.3) is 0 Å². The van der Waals surface area contributed by atoms with Gasteiger partial charge < -0.3 is 95.4 Å². The van der Waals surface area contributed by atoms with Gasteiger partial charge in [-0.15, -0.1) is 0 Å². The van der Waals surface area contributed by atoms with Crippen molar-refractivity contribution in [1.29, 1.82) is 0 Å². The molecule has 2 aliphatic heterocycles. The van der Waals surface area contributed by atoms with E-state index in [1.54, 1.807) is 0 Å². The number of carbonyl (C=O) groups is 2. The third-order valence-electron chi connectivity index (χ3n) is 8.01. The number of ether oxygens (including phenoxy) is 5. The Labute approximate surface area is 266 Å². The van der Waals surface area contributed by atoms with Crippen LogP contribution in [0.3, 0.4) is 0 Å². The maximum atomic E-state index is 12.6. The summed E-state index contributed by atoms with van der Waals surface area (Å²) in [6.07, 6.45) is -29.2. The first kappa shape index (κ1) is 39.4. The van der Waals surface area contributed by atoms with Gasteiger partial charge >= 0.3 is 6.09 Å². The highest BCUT2D eigenvalue weighted by Gasteiger charge is 2.52. The zero-order valence-corrected chi connectivity index (χ0v) is 24.9. The second kappa shape index (κ2) is 17.1. The minimum atomic E-state index is -2.09. The molecule has 21 nitrogen and oxygen atoms in total. The first-order chi connectivity index (χ1) is 22.1. The van der Waals surface area contributed by atoms with Crippen LogP contribution in [0.5, 0.6) is 0 Å². The quantitative estimate of drug-likeness (QED) is 0.0798. The summed E-state index contributed by atoms with van der Waals surface area (Å²) in [4.78, 5) is 24.9. The van der Waals surface area contributed by atoms with Crippen molar-refractivity contribution >= 4 is 11.9 Å². The third-order valence-corrected chi connectivity index (χ3v) is 8.01. The number of amides is 1. The van der Waals surface area contributed by atoms with Crippen LogP contribution in [-0.2, 0) is 28.5 Å². The normalized spacial score (nSPS) is 41.4. The maximum Gasteiger partial charge on any atom is 0.408 e. The summed E-state index contributed by atoms with van der Waals surface area (Å²) in [6, 6.07) is -1.33. The van der Waals surface area contributed by atoms with E-state index in [9.17, 15) is 70.9 Å². The number of hydrogen-bond acceptors (Lipinski definition) is 20. The molecule has 0 saturated carbocycles. The van der Waals surface area contributed by atoms with Crippen molar-refractivity contribution in [3.05, 3.63) is 11.6 Å². The van der Waals surface area contributed by atoms with Crippen molar-refractivity contribution in [2.45, 2.75) is 111 Å². The molecule has 0 spiro atoms. The van der Waals surface area contributed by atoms with Gasteiger partial charge in [-0.1, -0.05) is 6.08 Å². The molecule has 1 aliphatic carbocycles. The van der Waals surface area contributed by atoms with Gasteiger partial charge in [-0.3, -0.25) is 4.79 Å². The van der Waals surface area contributed by atoms with E-state index in [0.29, 0.717) is 0 Å². The number of hydrogen-bond donors (Lipinski definition) is 14. The van der Waals surface area contributed by atoms with E-state index in [-0.39, 0.29) is 5.57 Å². The largest absolute Gasteiger partial charge is 0.441 e. The standard InChI is InChI=1S/C26H43NO20/c1-7-21(47-26(42)27-9-2-8(3-28)13(34)16(37)14(9)35)17(38)19(40)24(43-7)46-23-12(6-31)44-25(20(41)18(23)39)45-22(11(33)5-30)15(36)10(32)4-29/h2,7,9-14,16-25,28-35,37-41H,3-6H2,1H3,(H,27,42)/t7-,9?,10?,11-,12?,13-,14+,16?,17-,18?,19?,20-,21?,22?,23?,24+,25?/m1/s1. The Morgan fingerprint density at radius 2 is 1.45 bits per heavy atom. The fourth-order valence-electron chi connectivity index (χ4n) is 5.25. The number of nitrogens with one attached hydrogen (secondary N) is 1. The molecule has 3 rings (SSSR count). The Balaban J connectivity index is 1.66. The van der Waals surface area contributed by atoms with E-state index < -0.39 is 142 Å². The van der Waals surface area contributed by atoms with Gasteiger partial charge in [0.15, 0.2) is 24.5 Å². The summed E-state index contributed by atoms with van der Waals surface area (Å²) in [5.41, 5.74) is -0.0902. The predicted molar refractivity (Wildman–Crippen MR) is 145 cm³/mol. The molecule has 14 N–H and O–H groups in total. The zero-order valence-electron chi connectivity index (χ0n) is 24.9. The smallest absolute Gasteiger partial charge is 0.408 e. The van der Waals surface area contributed by atoms with Gasteiger partial charge in [0.1, 0.15) is 73.2 Å². The fourth-order valence-corrected chi connectivity index (χ4v) is 5.25. The number of carbonyl (C=O) groups excluding carboxylic acids is 2. The lowest BCUT2D eigenvalue weighted by molar-refractivity contribution is -0.360. The highest BCUT2D eigenvalue weighted by molar-refractivity contribution is 5.87. The van der Waals surface area contributed by atoms with E-state index >= 15 is 0 Å². The molecule has 272 valence electrons. The topological polar surface area (TPSA) is 355 Å². The van der Waals surface area contributed by atoms with Crippen LogP contribution in [0.15, 0.2) is 11.6 Å². The van der Waals surface area contributed by atoms with E-state index in [0.717, 1.165) is 6.08 Å². The van der Waals surface area contributed by atoms with Gasteiger partial charge in [0.25, 0.3) is 0 Å². The fraction of sp³-hybridized carbons (Fsp3) is 0.846. The lowest BCUT2D eigenvalue weighted by Gasteiger charge is -2.46. The van der Waals surface area contributed by atoms with Crippen LogP contribution in [0.2, 0.25) is 0 Å². The molecular weight excluding hydrogens is 646 g/mol. The van der Waals surface area contributed by atoms with E-state index in [2.05, 4.69) is 5.32 Å². The molecule has 2 saturated heterocycles. The average Bonchev–Trinajstić information content (AvgIpc) is 3.06. The summed E-state index contributed by atoms with van der Waals surface area (Å²) < 4.78 is 26.8. The van der Waals surface area contributed by atoms with Crippen LogP contribution in [0, 0.1) is 0 Å². The van der Waals surface area contributed by atoms with Crippen molar-refractivity contribution in [2.24, 2.45) is 0 Å². The van der Waals surface area contributed by atoms with Crippen LogP contribution in [0.4, 0.5) is 4.79 Å². The molecule has 2 fully saturated rings. The average molecular weight is 690 g/mol. The van der Waals surface area contributed by atoms with Gasteiger partial charge in [0.05, 0.1) is 38.6 Å². The molecule has 17 atom stereocenters. The second-order valence-corrected chi connectivity index (χ2v) is 11.3. The van der Waals surface area contributed by atoms with E-state index in [1.165, 1.54) is 6.92 Å². The molecule has 2 heterocycles. The van der Waals surface area contributed by atoms with Crippen LogP contribution >= 0.6 is 0 Å². The minimum Gasteiger partial charge on any atom is -0.441 e. The lowest BCUT2D eigenvalue weighted by atomic mass is 9.88. The number of rotatable bonds is 13. The van der Waals surface area contributed by atoms with Crippen molar-refractivity contribution in [3.8, 4) is 0 Å². The van der Waals surface area contributed by atoms with Crippen LogP contribution in [0.1, 0.15) is 6.92 Å². The Bertz CT molecular complexity index is 1060.